The molecule has 0 atom stereocenters. The predicted molar refractivity (Wildman–Crippen MR) is 118 cm³/mol. The molecule has 0 aliphatic carbocycles. The average molecular weight is 416 g/mol. The molecule has 0 fully saturated rings. The largest absolute Gasteiger partial charge is 0.337 e. The number of amides is 1. The molecule has 0 bridgehead atoms. The van der Waals surface area contributed by atoms with Gasteiger partial charge >= 0.3 is 0 Å². The molecule has 3 heterocycles. The molecule has 158 valence electrons. The van der Waals surface area contributed by atoms with Crippen molar-refractivity contribution < 1.29 is 4.79 Å². The van der Waals surface area contributed by atoms with Crippen LogP contribution in [0.5, 0.6) is 0 Å². The van der Waals surface area contributed by atoms with Gasteiger partial charge in [-0.1, -0.05) is 17.7 Å². The predicted octanol–water partition coefficient (Wildman–Crippen LogP) is 3.30. The van der Waals surface area contributed by atoms with E-state index in [-0.39, 0.29) is 5.91 Å². The van der Waals surface area contributed by atoms with Crippen molar-refractivity contribution in [2.75, 3.05) is 13.1 Å². The normalized spacial score (nSPS) is 10.9. The molecule has 0 unspecified atom stereocenters. The van der Waals surface area contributed by atoms with E-state index in [0.29, 0.717) is 30.9 Å². The fourth-order valence-corrected chi connectivity index (χ4v) is 3.45. The van der Waals surface area contributed by atoms with Gasteiger partial charge < -0.3 is 4.90 Å². The van der Waals surface area contributed by atoms with E-state index in [0.717, 1.165) is 22.5 Å². The highest BCUT2D eigenvalue weighted by molar-refractivity contribution is 5.98. The van der Waals surface area contributed by atoms with Crippen molar-refractivity contribution in [3.05, 3.63) is 78.0 Å². The molecular formula is C23H25N7O. The molecule has 0 saturated heterocycles. The number of likely N-dealkylation sites (N-methyl/N-ethyl adjacent to an activating group) is 1. The summed E-state index contributed by atoms with van der Waals surface area (Å²) in [6.45, 7) is 7.64. The Morgan fingerprint density at radius 1 is 1.06 bits per heavy atom. The number of carbonyl (C=O) groups is 1. The summed E-state index contributed by atoms with van der Waals surface area (Å²) in [4.78, 5) is 21.2. The Bertz CT molecular complexity index is 1180. The third kappa shape index (κ3) is 4.53. The second-order valence-corrected chi connectivity index (χ2v) is 7.38. The van der Waals surface area contributed by atoms with Crippen molar-refractivity contribution >= 4 is 5.91 Å². The molecule has 0 aliphatic heterocycles. The Morgan fingerprint density at radius 3 is 2.61 bits per heavy atom. The first-order chi connectivity index (χ1) is 15.0. The minimum absolute atomic E-state index is 0.0498. The monoisotopic (exact) mass is 415 g/mol. The van der Waals surface area contributed by atoms with Gasteiger partial charge in [0.05, 0.1) is 42.1 Å². The van der Waals surface area contributed by atoms with Crippen LogP contribution in [0.4, 0.5) is 0 Å². The minimum atomic E-state index is -0.0498. The van der Waals surface area contributed by atoms with Crippen molar-refractivity contribution in [2.45, 2.75) is 27.3 Å². The quantitative estimate of drug-likeness (QED) is 0.463. The Labute approximate surface area is 181 Å². The minimum Gasteiger partial charge on any atom is -0.337 e. The smallest absolute Gasteiger partial charge is 0.256 e. The summed E-state index contributed by atoms with van der Waals surface area (Å²) in [5.74, 6) is -0.0498. The van der Waals surface area contributed by atoms with Crippen molar-refractivity contribution in [1.29, 1.82) is 0 Å². The van der Waals surface area contributed by atoms with E-state index in [9.17, 15) is 4.79 Å². The third-order valence-corrected chi connectivity index (χ3v) is 5.10. The van der Waals surface area contributed by atoms with Crippen LogP contribution in [0.15, 0.2) is 61.2 Å². The van der Waals surface area contributed by atoms with E-state index in [1.165, 1.54) is 4.80 Å². The fraction of sp³-hybridized carbons (Fsp3) is 0.261. The number of carbonyl (C=O) groups excluding carboxylic acids is 1. The van der Waals surface area contributed by atoms with E-state index in [4.69, 9.17) is 0 Å². The molecule has 8 nitrogen and oxygen atoms in total. The summed E-state index contributed by atoms with van der Waals surface area (Å²) in [5, 5.41) is 12.8. The number of benzene rings is 1. The van der Waals surface area contributed by atoms with E-state index in [2.05, 4.69) is 20.3 Å². The molecule has 0 N–H and O–H groups in total. The average Bonchev–Trinajstić information content (AvgIpc) is 3.46. The lowest BCUT2D eigenvalue weighted by Gasteiger charge is -2.22. The van der Waals surface area contributed by atoms with Crippen LogP contribution in [-0.2, 0) is 6.54 Å². The van der Waals surface area contributed by atoms with Gasteiger partial charge in [-0.15, -0.1) is 0 Å². The van der Waals surface area contributed by atoms with Crippen molar-refractivity contribution in [3.63, 3.8) is 0 Å². The molecule has 4 aromatic rings. The number of pyridine rings is 1. The van der Waals surface area contributed by atoms with E-state index < -0.39 is 0 Å². The van der Waals surface area contributed by atoms with E-state index >= 15 is 0 Å². The lowest BCUT2D eigenvalue weighted by Crippen LogP contribution is -2.34. The van der Waals surface area contributed by atoms with Crippen LogP contribution >= 0.6 is 0 Å². The molecule has 0 saturated carbocycles. The lowest BCUT2D eigenvalue weighted by molar-refractivity contribution is 0.0757. The van der Waals surface area contributed by atoms with Crippen LogP contribution in [0.2, 0.25) is 0 Å². The van der Waals surface area contributed by atoms with Gasteiger partial charge in [-0.3, -0.25) is 14.5 Å². The van der Waals surface area contributed by atoms with Gasteiger partial charge in [0.2, 0.25) is 0 Å². The molecule has 1 aromatic carbocycles. The molecular weight excluding hydrogens is 390 g/mol. The second-order valence-electron chi connectivity index (χ2n) is 7.38. The zero-order valence-electron chi connectivity index (χ0n) is 17.9. The SMILES string of the molecule is CCN(CCn1cc(-c2cccc(C)n2)cn1)C(=O)c1cc(C)ccc1-n1nccn1. The van der Waals surface area contributed by atoms with Gasteiger partial charge in [-0.25, -0.2) is 0 Å². The highest BCUT2D eigenvalue weighted by Gasteiger charge is 2.20. The number of hydrogen-bond donors (Lipinski definition) is 0. The summed E-state index contributed by atoms with van der Waals surface area (Å²) in [6.07, 6.45) is 6.97. The van der Waals surface area contributed by atoms with Crippen molar-refractivity contribution in [3.8, 4) is 16.9 Å². The second kappa shape index (κ2) is 8.91. The molecule has 8 heteroatoms. The number of rotatable bonds is 7. The first kappa shape index (κ1) is 20.5. The number of hydrogen-bond acceptors (Lipinski definition) is 5. The zero-order chi connectivity index (χ0) is 21.8. The topological polar surface area (TPSA) is 81.7 Å². The maximum Gasteiger partial charge on any atom is 0.256 e. The summed E-state index contributed by atoms with van der Waals surface area (Å²) in [6, 6.07) is 11.6. The summed E-state index contributed by atoms with van der Waals surface area (Å²) < 4.78 is 1.85. The third-order valence-electron chi connectivity index (χ3n) is 5.10. The van der Waals surface area contributed by atoms with Crippen molar-refractivity contribution in [2.24, 2.45) is 0 Å². The van der Waals surface area contributed by atoms with E-state index in [1.54, 1.807) is 12.4 Å². The van der Waals surface area contributed by atoms with Crippen LogP contribution < -0.4 is 0 Å². The summed E-state index contributed by atoms with van der Waals surface area (Å²) in [7, 11) is 0. The molecule has 0 aliphatic rings. The van der Waals surface area contributed by atoms with Gasteiger partial charge in [-0.05, 0) is 45.0 Å². The summed E-state index contributed by atoms with van der Waals surface area (Å²) in [5.41, 5.74) is 5.09. The highest BCUT2D eigenvalue weighted by atomic mass is 16.2. The van der Waals surface area contributed by atoms with Crippen LogP contribution in [0.25, 0.3) is 16.9 Å². The molecule has 31 heavy (non-hydrogen) atoms. The van der Waals surface area contributed by atoms with Crippen molar-refractivity contribution in [1.82, 2.24) is 34.7 Å². The molecule has 0 radical (unpaired) electrons. The van der Waals surface area contributed by atoms with Gasteiger partial charge in [-0.2, -0.15) is 20.1 Å². The van der Waals surface area contributed by atoms with Crippen LogP contribution in [0.3, 0.4) is 0 Å². The fourth-order valence-electron chi connectivity index (χ4n) is 3.45. The standard InChI is InChI=1S/C23H25N7O/c1-4-28(12-13-29-16-19(15-26-29)21-7-5-6-18(3)27-21)23(31)20-14-17(2)8-9-22(20)30-24-10-11-25-30/h5-11,14-16H,4,12-13H2,1-3H3. The number of aromatic nitrogens is 6. The number of aryl methyl sites for hydroxylation is 2. The maximum absolute atomic E-state index is 13.3. The van der Waals surface area contributed by atoms with Gasteiger partial charge in [0.25, 0.3) is 5.91 Å². The maximum atomic E-state index is 13.3. The number of nitrogens with zero attached hydrogens (tertiary/aromatic N) is 7. The zero-order valence-corrected chi connectivity index (χ0v) is 17.9. The molecule has 3 aromatic heterocycles. The van der Waals surface area contributed by atoms with Crippen LogP contribution in [0, 0.1) is 13.8 Å². The molecule has 1 amide bonds. The van der Waals surface area contributed by atoms with Gasteiger partial charge in [0.15, 0.2) is 0 Å². The van der Waals surface area contributed by atoms with Gasteiger partial charge in [0.1, 0.15) is 0 Å². The highest BCUT2D eigenvalue weighted by Crippen LogP contribution is 2.18. The Kier molecular flexibility index (Phi) is 5.88. The first-order valence-electron chi connectivity index (χ1n) is 10.3. The Hall–Kier alpha value is -3.81. The van der Waals surface area contributed by atoms with Crippen LogP contribution in [-0.4, -0.2) is 53.7 Å². The summed E-state index contributed by atoms with van der Waals surface area (Å²) >= 11 is 0. The van der Waals surface area contributed by atoms with E-state index in [1.807, 2.05) is 79.1 Å². The van der Waals surface area contributed by atoms with Crippen LogP contribution in [0.1, 0.15) is 28.5 Å². The lowest BCUT2D eigenvalue weighted by atomic mass is 10.1. The molecule has 4 rings (SSSR count). The first-order valence-corrected chi connectivity index (χ1v) is 10.3. The van der Waals surface area contributed by atoms with Gasteiger partial charge in [0, 0.05) is 30.5 Å². The molecule has 0 spiro atoms. The Morgan fingerprint density at radius 2 is 1.87 bits per heavy atom. The Balaban J connectivity index is 1.51.